The van der Waals surface area contributed by atoms with Gasteiger partial charge in [0.25, 0.3) is 0 Å². The Hall–Kier alpha value is -3.52. The van der Waals surface area contributed by atoms with Gasteiger partial charge >= 0.3 is 0 Å². The molecule has 0 atom stereocenters. The molecule has 0 saturated carbocycles. The third-order valence-corrected chi connectivity index (χ3v) is 7.98. The molecule has 0 aliphatic heterocycles. The van der Waals surface area contributed by atoms with E-state index in [1.54, 1.807) is 0 Å². The molecule has 0 amide bonds. The average Bonchev–Trinajstić information content (AvgIpc) is 3.22. The van der Waals surface area contributed by atoms with Crippen LogP contribution < -0.4 is 4.90 Å². The van der Waals surface area contributed by atoms with Crippen LogP contribution in [0.25, 0.3) is 21.9 Å². The average molecular weight is 460 g/mol. The van der Waals surface area contributed by atoms with E-state index >= 15 is 0 Å². The molecule has 0 fully saturated rings. The highest BCUT2D eigenvalue weighted by atomic mass is 16.3. The van der Waals surface area contributed by atoms with Crippen LogP contribution in [0.5, 0.6) is 0 Å². The summed E-state index contributed by atoms with van der Waals surface area (Å²) in [6.07, 6.45) is 2.41. The van der Waals surface area contributed by atoms with Gasteiger partial charge in [-0.1, -0.05) is 70.2 Å². The van der Waals surface area contributed by atoms with Gasteiger partial charge in [0, 0.05) is 16.8 Å². The molecule has 0 unspecified atom stereocenters. The van der Waals surface area contributed by atoms with Crippen LogP contribution in [0.1, 0.15) is 57.2 Å². The van der Waals surface area contributed by atoms with Crippen LogP contribution in [0.4, 0.5) is 17.1 Å². The lowest BCUT2D eigenvalue weighted by Crippen LogP contribution is -2.34. The van der Waals surface area contributed by atoms with E-state index in [0.717, 1.165) is 33.3 Å². The number of benzene rings is 4. The summed E-state index contributed by atoms with van der Waals surface area (Å²) in [7, 11) is 0. The number of hydrogen-bond acceptors (Lipinski definition) is 2. The lowest BCUT2D eigenvalue weighted by molar-refractivity contribution is 0.332. The van der Waals surface area contributed by atoms with E-state index < -0.39 is 0 Å². The van der Waals surface area contributed by atoms with E-state index in [1.165, 1.54) is 35.2 Å². The van der Waals surface area contributed by atoms with Gasteiger partial charge in [-0.25, -0.2) is 0 Å². The Kier molecular flexibility index (Phi) is 4.86. The predicted molar refractivity (Wildman–Crippen MR) is 148 cm³/mol. The quantitative estimate of drug-likeness (QED) is 0.267. The highest BCUT2D eigenvalue weighted by molar-refractivity contribution is 6.13. The van der Waals surface area contributed by atoms with Crippen LogP contribution in [-0.4, -0.2) is 0 Å². The van der Waals surface area contributed by atoms with E-state index in [9.17, 15) is 0 Å². The lowest BCUT2D eigenvalue weighted by Gasteiger charge is -2.42. The summed E-state index contributed by atoms with van der Waals surface area (Å²) in [5.41, 5.74) is 9.87. The molecule has 1 aliphatic rings. The first kappa shape index (κ1) is 22.0. The molecule has 35 heavy (non-hydrogen) atoms. The molecule has 2 heteroatoms. The van der Waals surface area contributed by atoms with Crippen molar-refractivity contribution in [3.63, 3.8) is 0 Å². The van der Waals surface area contributed by atoms with Crippen LogP contribution in [0.15, 0.2) is 89.3 Å². The molecule has 4 aromatic carbocycles. The van der Waals surface area contributed by atoms with Crippen molar-refractivity contribution in [2.75, 3.05) is 4.90 Å². The second-order valence-corrected chi connectivity index (χ2v) is 11.4. The van der Waals surface area contributed by atoms with Crippen molar-refractivity contribution in [2.45, 2.75) is 58.3 Å². The number of para-hydroxylation sites is 1. The van der Waals surface area contributed by atoms with Gasteiger partial charge in [0.15, 0.2) is 0 Å². The van der Waals surface area contributed by atoms with Gasteiger partial charge in [-0.15, -0.1) is 0 Å². The summed E-state index contributed by atoms with van der Waals surface area (Å²) >= 11 is 0. The smallest absolute Gasteiger partial charge is 0.137 e. The summed E-state index contributed by atoms with van der Waals surface area (Å²) < 4.78 is 6.26. The zero-order valence-electron chi connectivity index (χ0n) is 21.4. The van der Waals surface area contributed by atoms with E-state index in [4.69, 9.17) is 4.42 Å². The fourth-order valence-corrected chi connectivity index (χ4v) is 5.85. The molecule has 176 valence electrons. The first-order valence-electron chi connectivity index (χ1n) is 12.7. The normalized spacial score (nSPS) is 16.4. The number of furan rings is 1. The van der Waals surface area contributed by atoms with Gasteiger partial charge in [-0.05, 0) is 89.8 Å². The molecule has 2 nitrogen and oxygen atoms in total. The minimum atomic E-state index is 0.146. The van der Waals surface area contributed by atoms with Crippen molar-refractivity contribution in [3.05, 3.63) is 102 Å². The topological polar surface area (TPSA) is 16.4 Å². The Balaban J connectivity index is 1.65. The SMILES string of the molecule is Cc1cccc(N(c2ccc3c(c2)C(C)(C)CCC3(C)C)c2cccc3oc4ccccc4c23)c1. The van der Waals surface area contributed by atoms with Gasteiger partial charge in [0.1, 0.15) is 11.2 Å². The summed E-state index contributed by atoms with van der Waals surface area (Å²) in [6, 6.07) is 30.7. The van der Waals surface area contributed by atoms with Gasteiger partial charge in [-0.3, -0.25) is 0 Å². The second-order valence-electron chi connectivity index (χ2n) is 11.4. The van der Waals surface area contributed by atoms with Gasteiger partial charge in [-0.2, -0.15) is 0 Å². The van der Waals surface area contributed by atoms with Crippen molar-refractivity contribution in [3.8, 4) is 0 Å². The van der Waals surface area contributed by atoms with Crippen molar-refractivity contribution >= 4 is 39.0 Å². The van der Waals surface area contributed by atoms with E-state index in [0.29, 0.717) is 0 Å². The Morgan fingerprint density at radius 3 is 2.14 bits per heavy atom. The van der Waals surface area contributed by atoms with Crippen molar-refractivity contribution in [1.29, 1.82) is 0 Å². The molecule has 0 radical (unpaired) electrons. The zero-order chi connectivity index (χ0) is 24.4. The largest absolute Gasteiger partial charge is 0.456 e. The van der Waals surface area contributed by atoms with Gasteiger partial charge in [0.2, 0.25) is 0 Å². The molecule has 0 spiro atoms. The minimum absolute atomic E-state index is 0.146. The minimum Gasteiger partial charge on any atom is -0.456 e. The van der Waals surface area contributed by atoms with Crippen LogP contribution >= 0.6 is 0 Å². The summed E-state index contributed by atoms with van der Waals surface area (Å²) in [5, 5.41) is 2.30. The summed E-state index contributed by atoms with van der Waals surface area (Å²) in [4.78, 5) is 2.41. The molecule has 6 rings (SSSR count). The predicted octanol–water partition coefficient (Wildman–Crippen LogP) is 9.71. The maximum absolute atomic E-state index is 6.26. The third kappa shape index (κ3) is 3.55. The highest BCUT2D eigenvalue weighted by Gasteiger charge is 2.37. The highest BCUT2D eigenvalue weighted by Crippen LogP contribution is 2.49. The second kappa shape index (κ2) is 7.75. The third-order valence-electron chi connectivity index (χ3n) is 7.98. The number of nitrogens with zero attached hydrogens (tertiary/aromatic N) is 1. The maximum Gasteiger partial charge on any atom is 0.137 e. The summed E-state index contributed by atoms with van der Waals surface area (Å²) in [6.45, 7) is 11.7. The number of hydrogen-bond donors (Lipinski definition) is 0. The monoisotopic (exact) mass is 459 g/mol. The first-order chi connectivity index (χ1) is 16.7. The van der Waals surface area contributed by atoms with E-state index in [2.05, 4.69) is 118 Å². The van der Waals surface area contributed by atoms with Gasteiger partial charge in [0.05, 0.1) is 11.1 Å². The lowest BCUT2D eigenvalue weighted by atomic mass is 9.63. The molecular formula is C33H33NO. The van der Waals surface area contributed by atoms with Crippen molar-refractivity contribution in [2.24, 2.45) is 0 Å². The number of rotatable bonds is 3. The molecule has 0 saturated heterocycles. The van der Waals surface area contributed by atoms with Gasteiger partial charge < -0.3 is 9.32 Å². The van der Waals surface area contributed by atoms with Crippen LogP contribution in [0, 0.1) is 6.92 Å². The van der Waals surface area contributed by atoms with Crippen LogP contribution in [0.3, 0.4) is 0 Å². The molecule has 0 N–H and O–H groups in total. The fourth-order valence-electron chi connectivity index (χ4n) is 5.85. The molecule has 1 aromatic heterocycles. The molecule has 1 heterocycles. The van der Waals surface area contributed by atoms with Crippen molar-refractivity contribution < 1.29 is 4.42 Å². The van der Waals surface area contributed by atoms with E-state index in [-0.39, 0.29) is 10.8 Å². The number of aryl methyl sites for hydroxylation is 1. The maximum atomic E-state index is 6.26. The Morgan fingerprint density at radius 1 is 0.657 bits per heavy atom. The molecular weight excluding hydrogens is 426 g/mol. The first-order valence-corrected chi connectivity index (χ1v) is 12.7. The zero-order valence-corrected chi connectivity index (χ0v) is 21.4. The summed E-state index contributed by atoms with van der Waals surface area (Å²) in [5.74, 6) is 0. The Morgan fingerprint density at radius 2 is 1.34 bits per heavy atom. The molecule has 1 aliphatic carbocycles. The Labute approximate surface area is 208 Å². The van der Waals surface area contributed by atoms with Crippen molar-refractivity contribution in [1.82, 2.24) is 0 Å². The molecule has 5 aromatic rings. The van der Waals surface area contributed by atoms with E-state index in [1.807, 2.05) is 6.07 Å². The molecule has 0 bridgehead atoms. The van der Waals surface area contributed by atoms with Crippen LogP contribution in [-0.2, 0) is 10.8 Å². The van der Waals surface area contributed by atoms with Crippen LogP contribution in [0.2, 0.25) is 0 Å². The Bertz CT molecular complexity index is 1570. The number of fused-ring (bicyclic) bond motifs is 4. The fraction of sp³-hybridized carbons (Fsp3) is 0.273. The standard InChI is InChI=1S/C33H33NO/c1-22-10-8-11-23(20-22)34(24-16-17-26-27(21-24)33(4,5)19-18-32(26,2)3)28-13-9-15-30-31(28)25-12-6-7-14-29(25)35-30/h6-17,20-21H,18-19H2,1-5H3. The number of anilines is 3.